The summed E-state index contributed by atoms with van der Waals surface area (Å²) >= 11 is 2.00. The Hall–Kier alpha value is -0.240. The van der Waals surface area contributed by atoms with Gasteiger partial charge in [0.25, 0.3) is 0 Å². The lowest BCUT2D eigenvalue weighted by molar-refractivity contribution is 0.100. The van der Waals surface area contributed by atoms with E-state index >= 15 is 0 Å². The Bertz CT molecular complexity index is 222. The van der Waals surface area contributed by atoms with Crippen LogP contribution in [0.1, 0.15) is 33.1 Å². The summed E-state index contributed by atoms with van der Waals surface area (Å²) in [5.74, 6) is 1.07. The molecular formula is C12H22N2OS. The predicted octanol–water partition coefficient (Wildman–Crippen LogP) is 2.18. The Labute approximate surface area is 103 Å². The summed E-state index contributed by atoms with van der Waals surface area (Å²) in [7, 11) is 0. The van der Waals surface area contributed by atoms with Crippen LogP contribution < -0.4 is 5.32 Å². The zero-order valence-corrected chi connectivity index (χ0v) is 11.1. The van der Waals surface area contributed by atoms with Gasteiger partial charge in [0.15, 0.2) is 0 Å². The molecule has 0 spiro atoms. The van der Waals surface area contributed by atoms with E-state index in [1.165, 1.54) is 12.8 Å². The van der Waals surface area contributed by atoms with Crippen molar-refractivity contribution in [1.82, 2.24) is 5.32 Å². The number of ether oxygens (including phenoxy) is 1. The molecule has 1 unspecified atom stereocenters. The molecule has 0 aliphatic carbocycles. The molecular weight excluding hydrogens is 220 g/mol. The van der Waals surface area contributed by atoms with Gasteiger partial charge in [0.1, 0.15) is 0 Å². The maximum absolute atomic E-state index is 8.97. The molecule has 4 heteroatoms. The highest BCUT2D eigenvalue weighted by Crippen LogP contribution is 2.22. The van der Waals surface area contributed by atoms with Gasteiger partial charge in [-0.1, -0.05) is 0 Å². The Kier molecular flexibility index (Phi) is 6.86. The Morgan fingerprint density at radius 2 is 2.12 bits per heavy atom. The fraction of sp³-hybridized carbons (Fsp3) is 0.917. The first-order valence-electron chi connectivity index (χ1n) is 6.07. The van der Waals surface area contributed by atoms with Gasteiger partial charge in [-0.2, -0.15) is 17.0 Å². The molecule has 0 bridgehead atoms. The topological polar surface area (TPSA) is 45.0 Å². The van der Waals surface area contributed by atoms with Gasteiger partial charge in [-0.15, -0.1) is 0 Å². The molecule has 1 fully saturated rings. The third-order valence-electron chi connectivity index (χ3n) is 2.62. The second-order valence-electron chi connectivity index (χ2n) is 4.47. The van der Waals surface area contributed by atoms with E-state index in [1.54, 1.807) is 0 Å². The van der Waals surface area contributed by atoms with Crippen LogP contribution in [0, 0.1) is 11.3 Å². The lowest BCUT2D eigenvalue weighted by Crippen LogP contribution is -2.34. The summed E-state index contributed by atoms with van der Waals surface area (Å²) in [6, 6.07) is 2.72. The zero-order valence-electron chi connectivity index (χ0n) is 10.2. The first-order chi connectivity index (χ1) is 7.72. The van der Waals surface area contributed by atoms with Gasteiger partial charge in [0.05, 0.1) is 12.1 Å². The van der Waals surface area contributed by atoms with Crippen molar-refractivity contribution in [1.29, 1.82) is 5.26 Å². The van der Waals surface area contributed by atoms with Crippen molar-refractivity contribution < 1.29 is 4.74 Å². The predicted molar refractivity (Wildman–Crippen MR) is 68.6 cm³/mol. The van der Waals surface area contributed by atoms with Crippen LogP contribution in [-0.2, 0) is 4.74 Å². The molecule has 0 aromatic carbocycles. The van der Waals surface area contributed by atoms with Crippen LogP contribution in [0.2, 0.25) is 0 Å². The van der Waals surface area contributed by atoms with Gasteiger partial charge >= 0.3 is 0 Å². The van der Waals surface area contributed by atoms with Crippen LogP contribution in [0.15, 0.2) is 0 Å². The lowest BCUT2D eigenvalue weighted by atomic mass is 10.2. The van der Waals surface area contributed by atoms with Gasteiger partial charge in [-0.3, -0.25) is 5.32 Å². The van der Waals surface area contributed by atoms with Crippen LogP contribution >= 0.6 is 11.8 Å². The van der Waals surface area contributed by atoms with Crippen molar-refractivity contribution in [2.75, 3.05) is 19.0 Å². The maximum Gasteiger partial charge on any atom is 0.0962 e. The van der Waals surface area contributed by atoms with E-state index in [0.29, 0.717) is 6.04 Å². The minimum Gasteiger partial charge on any atom is -0.381 e. The van der Waals surface area contributed by atoms with Gasteiger partial charge in [0.2, 0.25) is 0 Å². The fourth-order valence-electron chi connectivity index (χ4n) is 1.78. The Morgan fingerprint density at radius 3 is 2.69 bits per heavy atom. The highest BCUT2D eigenvalue weighted by Gasteiger charge is 2.15. The lowest BCUT2D eigenvalue weighted by Gasteiger charge is -2.22. The summed E-state index contributed by atoms with van der Waals surface area (Å²) in [5.41, 5.74) is 0. The largest absolute Gasteiger partial charge is 0.381 e. The maximum atomic E-state index is 8.97. The SMILES string of the molecule is CC(C)NC(C#N)CCSC1CCOCC1. The number of rotatable bonds is 6. The minimum absolute atomic E-state index is 0.00680. The second-order valence-corrected chi connectivity index (χ2v) is 5.88. The molecule has 0 saturated carbocycles. The molecule has 1 atom stereocenters. The molecule has 1 N–H and O–H groups in total. The van der Waals surface area contributed by atoms with Crippen molar-refractivity contribution in [2.24, 2.45) is 0 Å². The van der Waals surface area contributed by atoms with E-state index in [2.05, 4.69) is 25.2 Å². The quantitative estimate of drug-likeness (QED) is 0.775. The first kappa shape index (κ1) is 13.8. The molecule has 0 aromatic rings. The molecule has 1 heterocycles. The molecule has 1 saturated heterocycles. The molecule has 16 heavy (non-hydrogen) atoms. The minimum atomic E-state index is 0.00680. The smallest absolute Gasteiger partial charge is 0.0962 e. The number of hydrogen-bond donors (Lipinski definition) is 1. The number of nitriles is 1. The third kappa shape index (κ3) is 5.74. The van der Waals surface area contributed by atoms with Crippen LogP contribution in [0.3, 0.4) is 0 Å². The van der Waals surface area contributed by atoms with Crippen molar-refractivity contribution in [3.05, 3.63) is 0 Å². The molecule has 0 amide bonds. The molecule has 92 valence electrons. The highest BCUT2D eigenvalue weighted by molar-refractivity contribution is 7.99. The standard InChI is InChI=1S/C12H22N2OS/c1-10(2)14-11(9-13)5-8-16-12-3-6-15-7-4-12/h10-12,14H,3-8H2,1-2H3. The normalized spacial score (nSPS) is 19.6. The number of hydrogen-bond acceptors (Lipinski definition) is 4. The highest BCUT2D eigenvalue weighted by atomic mass is 32.2. The number of nitrogens with zero attached hydrogens (tertiary/aromatic N) is 1. The molecule has 1 rings (SSSR count). The molecule has 0 radical (unpaired) electrons. The van der Waals surface area contributed by atoms with Gasteiger partial charge in [-0.05, 0) is 38.9 Å². The van der Waals surface area contributed by atoms with E-state index < -0.39 is 0 Å². The Balaban J connectivity index is 2.10. The molecule has 3 nitrogen and oxygen atoms in total. The van der Waals surface area contributed by atoms with E-state index in [1.807, 2.05) is 11.8 Å². The average molecular weight is 242 g/mol. The van der Waals surface area contributed by atoms with Crippen LogP contribution in [0.4, 0.5) is 0 Å². The first-order valence-corrected chi connectivity index (χ1v) is 7.12. The van der Waals surface area contributed by atoms with E-state index in [-0.39, 0.29) is 6.04 Å². The molecule has 1 aliphatic rings. The van der Waals surface area contributed by atoms with Gasteiger partial charge < -0.3 is 4.74 Å². The van der Waals surface area contributed by atoms with Crippen LogP contribution in [0.5, 0.6) is 0 Å². The average Bonchev–Trinajstić information content (AvgIpc) is 2.28. The third-order valence-corrected chi connectivity index (χ3v) is 4.03. The van der Waals surface area contributed by atoms with Crippen LogP contribution in [-0.4, -0.2) is 36.3 Å². The fourth-order valence-corrected chi connectivity index (χ4v) is 3.01. The van der Waals surface area contributed by atoms with Crippen molar-refractivity contribution >= 4 is 11.8 Å². The molecule has 1 aliphatic heterocycles. The van der Waals surface area contributed by atoms with Crippen LogP contribution in [0.25, 0.3) is 0 Å². The molecule has 0 aromatic heterocycles. The van der Waals surface area contributed by atoms with Crippen molar-refractivity contribution in [2.45, 2.75) is 50.4 Å². The van der Waals surface area contributed by atoms with Gasteiger partial charge in [0, 0.05) is 24.5 Å². The van der Waals surface area contributed by atoms with Crippen molar-refractivity contribution in [3.8, 4) is 6.07 Å². The summed E-state index contributed by atoms with van der Waals surface area (Å²) in [6.45, 7) is 5.97. The van der Waals surface area contributed by atoms with Crippen molar-refractivity contribution in [3.63, 3.8) is 0 Å². The van der Waals surface area contributed by atoms with E-state index in [0.717, 1.165) is 30.6 Å². The van der Waals surface area contributed by atoms with E-state index in [4.69, 9.17) is 10.00 Å². The summed E-state index contributed by atoms with van der Waals surface area (Å²) in [5, 5.41) is 13.0. The zero-order chi connectivity index (χ0) is 11.8. The Morgan fingerprint density at radius 1 is 1.44 bits per heavy atom. The monoisotopic (exact) mass is 242 g/mol. The summed E-state index contributed by atoms with van der Waals surface area (Å²) < 4.78 is 5.32. The number of thioether (sulfide) groups is 1. The number of nitrogens with one attached hydrogen (secondary N) is 1. The second kappa shape index (κ2) is 7.94. The van der Waals surface area contributed by atoms with Gasteiger partial charge in [-0.25, -0.2) is 0 Å². The summed E-state index contributed by atoms with van der Waals surface area (Å²) in [4.78, 5) is 0. The summed E-state index contributed by atoms with van der Waals surface area (Å²) in [6.07, 6.45) is 3.27. The van der Waals surface area contributed by atoms with E-state index in [9.17, 15) is 0 Å².